The highest BCUT2D eigenvalue weighted by Gasteiger charge is 2.12. The Morgan fingerprint density at radius 1 is 1.43 bits per heavy atom. The fourth-order valence-corrected chi connectivity index (χ4v) is 2.37. The normalized spacial score (nSPS) is 10.4. The van der Waals surface area contributed by atoms with Crippen LogP contribution in [-0.4, -0.2) is 18.0 Å². The molecule has 0 bridgehead atoms. The third-order valence-corrected chi connectivity index (χ3v) is 3.69. The van der Waals surface area contributed by atoms with Crippen molar-refractivity contribution in [1.82, 2.24) is 4.98 Å². The van der Waals surface area contributed by atoms with E-state index >= 15 is 0 Å². The molecule has 3 N–H and O–H groups in total. The number of amides is 1. The molecule has 0 aliphatic carbocycles. The lowest BCUT2D eigenvalue weighted by Gasteiger charge is -2.12. The van der Waals surface area contributed by atoms with Crippen LogP contribution in [0, 0.1) is 0 Å². The highest BCUT2D eigenvalue weighted by atomic mass is 79.9. The van der Waals surface area contributed by atoms with Crippen LogP contribution in [0.4, 0.5) is 5.69 Å². The minimum absolute atomic E-state index is 0.206. The third kappa shape index (κ3) is 3.87. The van der Waals surface area contributed by atoms with E-state index in [1.165, 1.54) is 0 Å². The molecule has 0 saturated carbocycles. The predicted octanol–water partition coefficient (Wildman–Crippen LogP) is 2.70. The number of aromatic nitrogens is 1. The summed E-state index contributed by atoms with van der Waals surface area (Å²) in [6.45, 7) is 0.703. The smallest absolute Gasteiger partial charge is 0.255 e. The van der Waals surface area contributed by atoms with Gasteiger partial charge >= 0.3 is 0 Å². The Morgan fingerprint density at radius 2 is 2.24 bits per heavy atom. The molecule has 1 amide bonds. The Balaban J connectivity index is 2.25. The maximum atomic E-state index is 12.3. The van der Waals surface area contributed by atoms with E-state index in [1.807, 2.05) is 18.2 Å². The zero-order valence-electron chi connectivity index (χ0n) is 11.6. The molecule has 0 radical (unpaired) electrons. The van der Waals surface area contributed by atoms with Gasteiger partial charge in [0.25, 0.3) is 5.91 Å². The Labute approximate surface area is 131 Å². The summed E-state index contributed by atoms with van der Waals surface area (Å²) in [5.41, 5.74) is 8.34. The van der Waals surface area contributed by atoms with Gasteiger partial charge in [-0.2, -0.15) is 0 Å². The molecule has 110 valence electrons. The van der Waals surface area contributed by atoms with Crippen LogP contribution < -0.4 is 11.1 Å². The number of hydrogen-bond acceptors (Lipinski definition) is 4. The minimum atomic E-state index is -0.206. The summed E-state index contributed by atoms with van der Waals surface area (Å²) in [7, 11) is 1.61. The van der Waals surface area contributed by atoms with Crippen LogP contribution in [0.5, 0.6) is 0 Å². The van der Waals surface area contributed by atoms with Gasteiger partial charge in [-0.15, -0.1) is 0 Å². The average Bonchev–Trinajstić information content (AvgIpc) is 2.51. The van der Waals surface area contributed by atoms with Crippen LogP contribution in [0.3, 0.4) is 0 Å². The Kier molecular flexibility index (Phi) is 5.44. The lowest BCUT2D eigenvalue weighted by Crippen LogP contribution is -2.14. The number of ether oxygens (including phenoxy) is 1. The largest absolute Gasteiger partial charge is 0.380 e. The number of nitrogens with two attached hydrogens (primary N) is 1. The van der Waals surface area contributed by atoms with Gasteiger partial charge in [-0.1, -0.05) is 22.0 Å². The molecule has 0 saturated heterocycles. The zero-order chi connectivity index (χ0) is 15.2. The second-order valence-electron chi connectivity index (χ2n) is 4.39. The van der Waals surface area contributed by atoms with Crippen LogP contribution in [-0.2, 0) is 17.9 Å². The molecule has 0 atom stereocenters. The number of pyridine rings is 1. The summed E-state index contributed by atoms with van der Waals surface area (Å²) < 4.78 is 6.05. The van der Waals surface area contributed by atoms with Gasteiger partial charge in [0.2, 0.25) is 0 Å². The van der Waals surface area contributed by atoms with Crippen molar-refractivity contribution in [2.75, 3.05) is 12.4 Å². The molecule has 21 heavy (non-hydrogen) atoms. The van der Waals surface area contributed by atoms with E-state index in [1.54, 1.807) is 25.4 Å². The average molecular weight is 350 g/mol. The van der Waals surface area contributed by atoms with Gasteiger partial charge < -0.3 is 15.8 Å². The summed E-state index contributed by atoms with van der Waals surface area (Å²) in [6.07, 6.45) is 1.58. The van der Waals surface area contributed by atoms with Crippen LogP contribution in [0.1, 0.15) is 21.6 Å². The maximum absolute atomic E-state index is 12.3. The molecule has 0 fully saturated rings. The highest BCUT2D eigenvalue weighted by molar-refractivity contribution is 9.10. The molecule has 1 aromatic heterocycles. The monoisotopic (exact) mass is 349 g/mol. The number of nitrogens with one attached hydrogen (secondary N) is 1. The molecule has 5 nitrogen and oxygen atoms in total. The first-order chi connectivity index (χ1) is 10.2. The van der Waals surface area contributed by atoms with Crippen molar-refractivity contribution in [2.45, 2.75) is 13.2 Å². The Hall–Kier alpha value is -1.76. The number of anilines is 1. The third-order valence-electron chi connectivity index (χ3n) is 2.94. The molecule has 0 aliphatic rings. The van der Waals surface area contributed by atoms with Crippen LogP contribution in [0.25, 0.3) is 0 Å². The predicted molar refractivity (Wildman–Crippen MR) is 84.9 cm³/mol. The number of nitrogens with zero attached hydrogens (tertiary/aromatic N) is 1. The number of benzene rings is 1. The highest BCUT2D eigenvalue weighted by Crippen LogP contribution is 2.26. The topological polar surface area (TPSA) is 77.2 Å². The van der Waals surface area contributed by atoms with Crippen molar-refractivity contribution in [3.63, 3.8) is 0 Å². The summed E-state index contributed by atoms with van der Waals surface area (Å²) in [5, 5.41) is 2.89. The molecule has 2 aromatic rings. The van der Waals surface area contributed by atoms with Crippen LogP contribution >= 0.6 is 15.9 Å². The fraction of sp³-hybridized carbons (Fsp3) is 0.200. The van der Waals surface area contributed by atoms with Gasteiger partial charge in [0.15, 0.2) is 0 Å². The number of halogens is 1. The summed E-state index contributed by atoms with van der Waals surface area (Å²) in [6, 6.07) is 8.94. The SMILES string of the molecule is COCc1c(Br)cccc1NC(=O)c1ccnc(CN)c1. The Morgan fingerprint density at radius 3 is 2.95 bits per heavy atom. The van der Waals surface area contributed by atoms with Gasteiger partial charge in [0.1, 0.15) is 0 Å². The molecule has 0 aliphatic heterocycles. The Bertz CT molecular complexity index is 647. The lowest BCUT2D eigenvalue weighted by atomic mass is 10.1. The van der Waals surface area contributed by atoms with Gasteiger partial charge in [0, 0.05) is 41.1 Å². The van der Waals surface area contributed by atoms with Crippen molar-refractivity contribution in [3.8, 4) is 0 Å². The van der Waals surface area contributed by atoms with Crippen LogP contribution in [0.2, 0.25) is 0 Å². The quantitative estimate of drug-likeness (QED) is 0.869. The molecular formula is C15H16BrN3O2. The summed E-state index contributed by atoms with van der Waals surface area (Å²) >= 11 is 3.46. The van der Waals surface area contributed by atoms with Gasteiger partial charge in [-0.05, 0) is 24.3 Å². The molecular weight excluding hydrogens is 334 g/mol. The first-order valence-corrected chi connectivity index (χ1v) is 7.17. The first kappa shape index (κ1) is 15.6. The van der Waals surface area contributed by atoms with E-state index in [-0.39, 0.29) is 5.91 Å². The summed E-state index contributed by atoms with van der Waals surface area (Å²) in [5.74, 6) is -0.206. The van der Waals surface area contributed by atoms with E-state index < -0.39 is 0 Å². The minimum Gasteiger partial charge on any atom is -0.380 e. The number of methoxy groups -OCH3 is 1. The van der Waals surface area contributed by atoms with Gasteiger partial charge in [-0.3, -0.25) is 9.78 Å². The molecule has 1 aromatic carbocycles. The van der Waals surface area contributed by atoms with E-state index in [4.69, 9.17) is 10.5 Å². The van der Waals surface area contributed by atoms with Gasteiger partial charge in [-0.25, -0.2) is 0 Å². The van der Waals surface area contributed by atoms with E-state index in [9.17, 15) is 4.79 Å². The number of rotatable bonds is 5. The van der Waals surface area contributed by atoms with Crippen molar-refractivity contribution in [2.24, 2.45) is 5.73 Å². The fourth-order valence-electron chi connectivity index (χ4n) is 1.89. The van der Waals surface area contributed by atoms with E-state index in [0.29, 0.717) is 30.1 Å². The standard InChI is InChI=1S/C15H16BrN3O2/c1-21-9-12-13(16)3-2-4-14(12)19-15(20)10-5-6-18-11(7-10)8-17/h2-7H,8-9,17H2,1H3,(H,19,20). The second-order valence-corrected chi connectivity index (χ2v) is 5.25. The molecule has 2 rings (SSSR count). The van der Waals surface area contributed by atoms with Crippen molar-refractivity contribution >= 4 is 27.5 Å². The van der Waals surface area contributed by atoms with Crippen molar-refractivity contribution in [1.29, 1.82) is 0 Å². The van der Waals surface area contributed by atoms with Gasteiger partial charge in [0.05, 0.1) is 12.3 Å². The summed E-state index contributed by atoms with van der Waals surface area (Å²) in [4.78, 5) is 16.4. The zero-order valence-corrected chi connectivity index (χ0v) is 13.2. The lowest BCUT2D eigenvalue weighted by molar-refractivity contribution is 0.102. The van der Waals surface area contributed by atoms with E-state index in [0.717, 1.165) is 10.0 Å². The van der Waals surface area contributed by atoms with Crippen molar-refractivity contribution < 1.29 is 9.53 Å². The molecule has 0 spiro atoms. The van der Waals surface area contributed by atoms with Crippen LogP contribution in [0.15, 0.2) is 41.0 Å². The molecule has 1 heterocycles. The second kappa shape index (κ2) is 7.31. The first-order valence-electron chi connectivity index (χ1n) is 6.38. The molecule has 0 unspecified atom stereocenters. The van der Waals surface area contributed by atoms with E-state index in [2.05, 4.69) is 26.2 Å². The maximum Gasteiger partial charge on any atom is 0.255 e. The number of hydrogen-bond donors (Lipinski definition) is 2. The number of carbonyl (C=O) groups is 1. The molecule has 6 heteroatoms. The number of carbonyl (C=O) groups excluding carboxylic acids is 1. The van der Waals surface area contributed by atoms with Crippen molar-refractivity contribution in [3.05, 3.63) is 57.8 Å².